The molecule has 3 aromatic rings. The number of hydrogen-bond donors (Lipinski definition) is 2. The van der Waals surface area contributed by atoms with E-state index in [1.54, 1.807) is 20.8 Å². The number of aliphatic hydroxyl groups is 2. The first-order valence-electron chi connectivity index (χ1n) is 7.13. The lowest BCUT2D eigenvalue weighted by Crippen LogP contribution is -2.49. The van der Waals surface area contributed by atoms with Crippen molar-refractivity contribution in [2.45, 2.75) is 38.4 Å². The van der Waals surface area contributed by atoms with Crippen LogP contribution in [0.5, 0.6) is 0 Å². The summed E-state index contributed by atoms with van der Waals surface area (Å²) in [6.07, 6.45) is 0.381. The van der Waals surface area contributed by atoms with Crippen molar-refractivity contribution < 1.29 is 14.6 Å². The summed E-state index contributed by atoms with van der Waals surface area (Å²) in [6.45, 7) is 4.90. The van der Waals surface area contributed by atoms with Crippen molar-refractivity contribution in [1.29, 1.82) is 0 Å². The number of furan rings is 1. The topological polar surface area (TPSA) is 53.6 Å². The van der Waals surface area contributed by atoms with Gasteiger partial charge in [-0.05, 0) is 44.5 Å². The fourth-order valence-electron chi connectivity index (χ4n) is 2.50. The predicted molar refractivity (Wildman–Crippen MR) is 84.3 cm³/mol. The summed E-state index contributed by atoms with van der Waals surface area (Å²) in [4.78, 5) is 0. The summed E-state index contributed by atoms with van der Waals surface area (Å²) < 4.78 is 5.79. The van der Waals surface area contributed by atoms with Crippen molar-refractivity contribution in [3.8, 4) is 0 Å². The van der Waals surface area contributed by atoms with Crippen LogP contribution in [0.1, 0.15) is 26.3 Å². The molecule has 3 nitrogen and oxygen atoms in total. The van der Waals surface area contributed by atoms with Crippen LogP contribution >= 0.6 is 0 Å². The van der Waals surface area contributed by atoms with Crippen LogP contribution in [0.3, 0.4) is 0 Å². The van der Waals surface area contributed by atoms with Gasteiger partial charge < -0.3 is 14.6 Å². The third kappa shape index (κ3) is 2.43. The highest BCUT2D eigenvalue weighted by molar-refractivity contribution is 6.04. The Bertz CT molecular complexity index is 791. The molecule has 0 aliphatic rings. The van der Waals surface area contributed by atoms with E-state index in [2.05, 4.69) is 0 Å². The highest BCUT2D eigenvalue weighted by atomic mass is 16.4. The van der Waals surface area contributed by atoms with Crippen LogP contribution < -0.4 is 0 Å². The molecule has 0 spiro atoms. The van der Waals surface area contributed by atoms with Gasteiger partial charge in [0.1, 0.15) is 11.2 Å². The van der Waals surface area contributed by atoms with E-state index in [1.807, 2.05) is 42.5 Å². The van der Waals surface area contributed by atoms with Crippen molar-refractivity contribution in [2.75, 3.05) is 0 Å². The molecule has 1 atom stereocenters. The van der Waals surface area contributed by atoms with Gasteiger partial charge >= 0.3 is 0 Å². The Labute approximate surface area is 123 Å². The molecule has 0 bridgehead atoms. The summed E-state index contributed by atoms with van der Waals surface area (Å²) in [6, 6.07) is 13.8. The molecule has 0 aliphatic heterocycles. The van der Waals surface area contributed by atoms with Gasteiger partial charge in [-0.25, -0.2) is 0 Å². The number of benzene rings is 2. The third-order valence-corrected chi connectivity index (χ3v) is 4.31. The molecule has 3 heteroatoms. The second-order valence-corrected chi connectivity index (χ2v) is 6.44. The molecule has 3 rings (SSSR count). The van der Waals surface area contributed by atoms with Crippen molar-refractivity contribution in [2.24, 2.45) is 0 Å². The van der Waals surface area contributed by atoms with Gasteiger partial charge in [0.25, 0.3) is 0 Å². The minimum atomic E-state index is -1.19. The highest BCUT2D eigenvalue weighted by Gasteiger charge is 2.37. The summed E-state index contributed by atoms with van der Waals surface area (Å²) in [5.41, 5.74) is 0.309. The average Bonchev–Trinajstić information content (AvgIpc) is 2.75. The van der Waals surface area contributed by atoms with E-state index in [-0.39, 0.29) is 0 Å². The van der Waals surface area contributed by atoms with Crippen LogP contribution in [0.4, 0.5) is 0 Å². The van der Waals surface area contributed by atoms with Crippen molar-refractivity contribution in [3.05, 3.63) is 48.0 Å². The maximum absolute atomic E-state index is 10.5. The lowest BCUT2D eigenvalue weighted by atomic mass is 9.82. The first-order valence-corrected chi connectivity index (χ1v) is 7.13. The fourth-order valence-corrected chi connectivity index (χ4v) is 2.50. The Morgan fingerprint density at radius 1 is 0.905 bits per heavy atom. The van der Waals surface area contributed by atoms with E-state index in [0.717, 1.165) is 27.5 Å². The van der Waals surface area contributed by atoms with Crippen LogP contribution in [0.25, 0.3) is 21.9 Å². The van der Waals surface area contributed by atoms with Gasteiger partial charge in [-0.3, -0.25) is 0 Å². The SMILES string of the molecule is CC(C)(O)C(C)(O)Cc1ccc2oc3ccccc3c2c1. The minimum Gasteiger partial charge on any atom is -0.456 e. The first kappa shape index (κ1) is 14.1. The molecular formula is C18H20O3. The molecule has 2 N–H and O–H groups in total. The van der Waals surface area contributed by atoms with Gasteiger partial charge in [-0.15, -0.1) is 0 Å². The zero-order valence-electron chi connectivity index (χ0n) is 12.6. The number of fused-ring (bicyclic) bond motifs is 3. The Morgan fingerprint density at radius 2 is 1.57 bits per heavy atom. The van der Waals surface area contributed by atoms with Crippen LogP contribution in [-0.2, 0) is 6.42 Å². The highest BCUT2D eigenvalue weighted by Crippen LogP contribution is 2.31. The molecule has 110 valence electrons. The van der Waals surface area contributed by atoms with Gasteiger partial charge in [0.2, 0.25) is 0 Å². The van der Waals surface area contributed by atoms with Gasteiger partial charge in [0, 0.05) is 17.2 Å². The standard InChI is InChI=1S/C18H20O3/c1-17(2,19)18(3,20)11-12-8-9-16-14(10-12)13-6-4-5-7-15(13)21-16/h4-10,19-20H,11H2,1-3H3. The molecule has 0 aliphatic carbocycles. The molecule has 1 unspecified atom stereocenters. The number of para-hydroxylation sites is 1. The largest absolute Gasteiger partial charge is 0.456 e. The zero-order valence-corrected chi connectivity index (χ0v) is 12.6. The maximum atomic E-state index is 10.5. The predicted octanol–water partition coefficient (Wildman–Crippen LogP) is 3.65. The molecule has 1 aromatic heterocycles. The molecule has 0 amide bonds. The Morgan fingerprint density at radius 3 is 2.29 bits per heavy atom. The van der Waals surface area contributed by atoms with E-state index >= 15 is 0 Å². The van der Waals surface area contributed by atoms with Crippen molar-refractivity contribution in [3.63, 3.8) is 0 Å². The second kappa shape index (κ2) is 4.58. The van der Waals surface area contributed by atoms with Crippen molar-refractivity contribution >= 4 is 21.9 Å². The minimum absolute atomic E-state index is 0.381. The van der Waals surface area contributed by atoms with E-state index in [0.29, 0.717) is 6.42 Å². The molecule has 0 fully saturated rings. The average molecular weight is 284 g/mol. The second-order valence-electron chi connectivity index (χ2n) is 6.44. The Balaban J connectivity index is 2.07. The lowest BCUT2D eigenvalue weighted by molar-refractivity contribution is -0.118. The van der Waals surface area contributed by atoms with Crippen molar-refractivity contribution in [1.82, 2.24) is 0 Å². The molecule has 0 saturated heterocycles. The van der Waals surface area contributed by atoms with Gasteiger partial charge in [-0.2, -0.15) is 0 Å². The maximum Gasteiger partial charge on any atom is 0.135 e. The van der Waals surface area contributed by atoms with Crippen LogP contribution in [0, 0.1) is 0 Å². The van der Waals surface area contributed by atoms with Gasteiger partial charge in [-0.1, -0.05) is 24.3 Å². The normalized spacial score (nSPS) is 15.5. The Hall–Kier alpha value is -1.84. The van der Waals surface area contributed by atoms with Crippen LogP contribution in [0.2, 0.25) is 0 Å². The van der Waals surface area contributed by atoms with E-state index < -0.39 is 11.2 Å². The summed E-state index contributed by atoms with van der Waals surface area (Å²) >= 11 is 0. The first-order chi connectivity index (χ1) is 9.78. The third-order valence-electron chi connectivity index (χ3n) is 4.31. The monoisotopic (exact) mass is 284 g/mol. The van der Waals surface area contributed by atoms with E-state index in [9.17, 15) is 10.2 Å². The number of hydrogen-bond acceptors (Lipinski definition) is 3. The summed E-state index contributed by atoms with van der Waals surface area (Å²) in [7, 11) is 0. The zero-order chi connectivity index (χ0) is 15.3. The van der Waals surface area contributed by atoms with E-state index in [1.165, 1.54) is 0 Å². The fraction of sp³-hybridized carbons (Fsp3) is 0.333. The summed E-state index contributed by atoms with van der Waals surface area (Å²) in [5, 5.41) is 22.7. The molecule has 0 saturated carbocycles. The lowest BCUT2D eigenvalue weighted by Gasteiger charge is -2.35. The molecule has 2 aromatic carbocycles. The molecule has 21 heavy (non-hydrogen) atoms. The summed E-state index contributed by atoms with van der Waals surface area (Å²) in [5.74, 6) is 0. The molecule has 1 heterocycles. The van der Waals surface area contributed by atoms with Crippen LogP contribution in [-0.4, -0.2) is 21.4 Å². The quantitative estimate of drug-likeness (QED) is 0.772. The smallest absolute Gasteiger partial charge is 0.135 e. The van der Waals surface area contributed by atoms with Gasteiger partial charge in [0.05, 0.1) is 11.2 Å². The molecule has 0 radical (unpaired) electrons. The molecular weight excluding hydrogens is 264 g/mol. The number of rotatable bonds is 3. The van der Waals surface area contributed by atoms with Crippen LogP contribution in [0.15, 0.2) is 46.9 Å². The Kier molecular flexibility index (Phi) is 3.08. The van der Waals surface area contributed by atoms with E-state index in [4.69, 9.17) is 4.42 Å². The van der Waals surface area contributed by atoms with Gasteiger partial charge in [0.15, 0.2) is 0 Å².